The van der Waals surface area contributed by atoms with Crippen molar-refractivity contribution in [3.05, 3.63) is 71.4 Å². The predicted octanol–water partition coefficient (Wildman–Crippen LogP) is 2.51. The third-order valence-corrected chi connectivity index (χ3v) is 4.83. The summed E-state index contributed by atoms with van der Waals surface area (Å²) in [6.45, 7) is 0.591. The van der Waals surface area contributed by atoms with E-state index in [9.17, 15) is 14.4 Å². The first-order valence-corrected chi connectivity index (χ1v) is 8.92. The van der Waals surface area contributed by atoms with Crippen molar-refractivity contribution < 1.29 is 14.4 Å². The highest BCUT2D eigenvalue weighted by molar-refractivity contribution is 6.21. The van der Waals surface area contributed by atoms with Gasteiger partial charge in [0.15, 0.2) is 0 Å². The van der Waals surface area contributed by atoms with E-state index in [0.29, 0.717) is 24.1 Å². The van der Waals surface area contributed by atoms with Gasteiger partial charge in [0.25, 0.3) is 11.8 Å². The van der Waals surface area contributed by atoms with Crippen LogP contribution in [-0.2, 0) is 11.2 Å². The number of carbonyl (C=O) groups excluding carboxylic acids is 3. The average molecular weight is 361 g/mol. The molecule has 4 rings (SSSR count). The Kier molecular flexibility index (Phi) is 4.46. The standard InChI is InChI=1S/C21H19N3O3/c25-19(22-11-9-14-13-23-18-8-4-3-5-15(14)18)10-12-24-20(26)16-6-1-2-7-17(16)21(24)27/h1-8,13,23H,9-12H2,(H,22,25). The van der Waals surface area contributed by atoms with Gasteiger partial charge >= 0.3 is 0 Å². The number of H-pyrrole nitrogens is 1. The Balaban J connectivity index is 1.28. The van der Waals surface area contributed by atoms with Gasteiger partial charge in [-0.15, -0.1) is 0 Å². The fraction of sp³-hybridized carbons (Fsp3) is 0.190. The van der Waals surface area contributed by atoms with Crippen LogP contribution in [0.1, 0.15) is 32.7 Å². The summed E-state index contributed by atoms with van der Waals surface area (Å²) in [5.41, 5.74) is 3.03. The zero-order valence-electron chi connectivity index (χ0n) is 14.7. The van der Waals surface area contributed by atoms with Crippen molar-refractivity contribution in [2.45, 2.75) is 12.8 Å². The lowest BCUT2D eigenvalue weighted by molar-refractivity contribution is -0.121. The fourth-order valence-electron chi connectivity index (χ4n) is 3.42. The van der Waals surface area contributed by atoms with Crippen LogP contribution in [0, 0.1) is 0 Å². The SMILES string of the molecule is O=C(CCN1C(=O)c2ccccc2C1=O)NCCc1c[nH]c2ccccc12. The third-order valence-electron chi connectivity index (χ3n) is 4.83. The van der Waals surface area contributed by atoms with Crippen molar-refractivity contribution in [1.29, 1.82) is 0 Å². The van der Waals surface area contributed by atoms with E-state index in [1.165, 1.54) is 0 Å². The van der Waals surface area contributed by atoms with E-state index in [4.69, 9.17) is 0 Å². The van der Waals surface area contributed by atoms with Crippen LogP contribution in [0.15, 0.2) is 54.7 Å². The largest absolute Gasteiger partial charge is 0.361 e. The summed E-state index contributed by atoms with van der Waals surface area (Å²) in [5, 5.41) is 4.01. The highest BCUT2D eigenvalue weighted by atomic mass is 16.2. The molecule has 0 unspecified atom stereocenters. The maximum Gasteiger partial charge on any atom is 0.261 e. The minimum atomic E-state index is -0.331. The Labute approximate surface area is 156 Å². The van der Waals surface area contributed by atoms with E-state index < -0.39 is 0 Å². The predicted molar refractivity (Wildman–Crippen MR) is 101 cm³/mol. The topological polar surface area (TPSA) is 82.3 Å². The normalized spacial score (nSPS) is 13.3. The molecule has 0 spiro atoms. The molecule has 2 N–H and O–H groups in total. The first-order chi connectivity index (χ1) is 13.1. The van der Waals surface area contributed by atoms with Crippen molar-refractivity contribution >= 4 is 28.6 Å². The third kappa shape index (κ3) is 3.21. The average Bonchev–Trinajstić information content (AvgIpc) is 3.20. The van der Waals surface area contributed by atoms with Crippen LogP contribution in [0.4, 0.5) is 0 Å². The number of hydrogen-bond acceptors (Lipinski definition) is 3. The highest BCUT2D eigenvalue weighted by Crippen LogP contribution is 2.22. The molecule has 6 nitrogen and oxygen atoms in total. The number of carbonyl (C=O) groups is 3. The molecule has 0 saturated heterocycles. The van der Waals surface area contributed by atoms with Crippen LogP contribution in [-0.4, -0.2) is 40.7 Å². The molecule has 0 radical (unpaired) electrons. The molecular weight excluding hydrogens is 342 g/mol. The summed E-state index contributed by atoms with van der Waals surface area (Å²) < 4.78 is 0. The summed E-state index contributed by atoms with van der Waals surface area (Å²) in [6, 6.07) is 14.7. The number of amides is 3. The Hall–Kier alpha value is -3.41. The minimum Gasteiger partial charge on any atom is -0.361 e. The van der Waals surface area contributed by atoms with Crippen LogP contribution < -0.4 is 5.32 Å². The van der Waals surface area contributed by atoms with Gasteiger partial charge in [0.2, 0.25) is 5.91 Å². The molecule has 0 bridgehead atoms. The van der Waals surface area contributed by atoms with E-state index in [1.54, 1.807) is 24.3 Å². The molecule has 1 aliphatic rings. The second kappa shape index (κ2) is 7.07. The lowest BCUT2D eigenvalue weighted by atomic mass is 10.1. The molecule has 0 aliphatic carbocycles. The van der Waals surface area contributed by atoms with Crippen molar-refractivity contribution in [1.82, 2.24) is 15.2 Å². The van der Waals surface area contributed by atoms with Crippen LogP contribution in [0.2, 0.25) is 0 Å². The molecule has 0 fully saturated rings. The van der Waals surface area contributed by atoms with Gasteiger partial charge in [0.05, 0.1) is 11.1 Å². The molecule has 27 heavy (non-hydrogen) atoms. The van der Waals surface area contributed by atoms with Crippen LogP contribution in [0.5, 0.6) is 0 Å². The summed E-state index contributed by atoms with van der Waals surface area (Å²) in [4.78, 5) is 41.0. The first kappa shape index (κ1) is 17.0. The Morgan fingerprint density at radius 3 is 2.37 bits per heavy atom. The van der Waals surface area contributed by atoms with E-state index in [0.717, 1.165) is 21.4 Å². The molecule has 3 amide bonds. The van der Waals surface area contributed by atoms with Gasteiger partial charge in [0.1, 0.15) is 0 Å². The highest BCUT2D eigenvalue weighted by Gasteiger charge is 2.34. The molecule has 0 saturated carbocycles. The first-order valence-electron chi connectivity index (χ1n) is 8.92. The molecule has 0 atom stereocenters. The number of nitrogens with one attached hydrogen (secondary N) is 2. The quantitative estimate of drug-likeness (QED) is 0.662. The van der Waals surface area contributed by atoms with E-state index in [2.05, 4.69) is 10.3 Å². The van der Waals surface area contributed by atoms with Gasteiger partial charge in [-0.2, -0.15) is 0 Å². The molecule has 6 heteroatoms. The summed E-state index contributed by atoms with van der Waals surface area (Å²) >= 11 is 0. The summed E-state index contributed by atoms with van der Waals surface area (Å²) in [7, 11) is 0. The second-order valence-corrected chi connectivity index (χ2v) is 6.52. The summed E-state index contributed by atoms with van der Waals surface area (Å²) in [5.74, 6) is -0.837. The monoisotopic (exact) mass is 361 g/mol. The van der Waals surface area contributed by atoms with Crippen molar-refractivity contribution in [3.8, 4) is 0 Å². The molecule has 1 aliphatic heterocycles. The van der Waals surface area contributed by atoms with Gasteiger partial charge in [-0.05, 0) is 30.2 Å². The van der Waals surface area contributed by atoms with Crippen molar-refractivity contribution in [2.24, 2.45) is 0 Å². The zero-order chi connectivity index (χ0) is 18.8. The number of imide groups is 1. The smallest absolute Gasteiger partial charge is 0.261 e. The van der Waals surface area contributed by atoms with Crippen LogP contribution in [0.25, 0.3) is 10.9 Å². The van der Waals surface area contributed by atoms with Crippen LogP contribution >= 0.6 is 0 Å². The van der Waals surface area contributed by atoms with Crippen molar-refractivity contribution in [3.63, 3.8) is 0 Å². The Morgan fingerprint density at radius 2 is 1.63 bits per heavy atom. The van der Waals surface area contributed by atoms with Gasteiger partial charge in [-0.1, -0.05) is 30.3 Å². The Bertz CT molecular complexity index is 1000. The van der Waals surface area contributed by atoms with Gasteiger partial charge in [-0.25, -0.2) is 0 Å². The number of aromatic amines is 1. The zero-order valence-corrected chi connectivity index (χ0v) is 14.7. The second-order valence-electron chi connectivity index (χ2n) is 6.52. The molecule has 136 valence electrons. The number of aromatic nitrogens is 1. The molecule has 2 aromatic carbocycles. The number of rotatable bonds is 6. The van der Waals surface area contributed by atoms with Gasteiger partial charge in [-0.3, -0.25) is 19.3 Å². The van der Waals surface area contributed by atoms with E-state index >= 15 is 0 Å². The summed E-state index contributed by atoms with van der Waals surface area (Å²) in [6.07, 6.45) is 2.76. The molecule has 2 heterocycles. The molecule has 3 aromatic rings. The van der Waals surface area contributed by atoms with Crippen LogP contribution in [0.3, 0.4) is 0 Å². The minimum absolute atomic E-state index is 0.0886. The number of para-hydroxylation sites is 1. The van der Waals surface area contributed by atoms with Crippen molar-refractivity contribution in [2.75, 3.05) is 13.1 Å². The number of fused-ring (bicyclic) bond motifs is 2. The van der Waals surface area contributed by atoms with Gasteiger partial charge < -0.3 is 10.3 Å². The fourth-order valence-corrected chi connectivity index (χ4v) is 3.42. The number of hydrogen-bond donors (Lipinski definition) is 2. The Morgan fingerprint density at radius 1 is 0.963 bits per heavy atom. The lowest BCUT2D eigenvalue weighted by Crippen LogP contribution is -2.35. The van der Waals surface area contributed by atoms with E-state index in [-0.39, 0.29) is 30.7 Å². The molecular formula is C21H19N3O3. The number of nitrogens with zero attached hydrogens (tertiary/aromatic N) is 1. The van der Waals surface area contributed by atoms with E-state index in [1.807, 2.05) is 30.5 Å². The lowest BCUT2D eigenvalue weighted by Gasteiger charge is -2.13. The van der Waals surface area contributed by atoms with Gasteiger partial charge in [0, 0.05) is 36.6 Å². The molecule has 1 aromatic heterocycles. The maximum absolute atomic E-state index is 12.3. The maximum atomic E-state index is 12.3. The number of benzene rings is 2.